The molecular formula is C17H13ClN4O2S. The van der Waals surface area contributed by atoms with Crippen LogP contribution < -0.4 is 4.74 Å². The van der Waals surface area contributed by atoms with Crippen LogP contribution in [0.2, 0.25) is 5.02 Å². The minimum atomic E-state index is 0.0327. The van der Waals surface area contributed by atoms with Crippen LogP contribution in [-0.2, 0) is 6.42 Å². The van der Waals surface area contributed by atoms with E-state index in [0.717, 1.165) is 23.4 Å². The number of tetrazole rings is 1. The van der Waals surface area contributed by atoms with Crippen molar-refractivity contribution in [1.29, 1.82) is 0 Å². The predicted molar refractivity (Wildman–Crippen MR) is 94.9 cm³/mol. The fourth-order valence-corrected chi connectivity index (χ4v) is 3.50. The van der Waals surface area contributed by atoms with Crippen LogP contribution in [-0.4, -0.2) is 38.4 Å². The van der Waals surface area contributed by atoms with E-state index in [2.05, 4.69) is 15.5 Å². The Morgan fingerprint density at radius 1 is 1.24 bits per heavy atom. The van der Waals surface area contributed by atoms with E-state index < -0.39 is 0 Å². The zero-order valence-corrected chi connectivity index (χ0v) is 14.6. The molecule has 0 amide bonds. The molecule has 0 atom stereocenters. The summed E-state index contributed by atoms with van der Waals surface area (Å²) >= 11 is 7.21. The molecule has 0 saturated heterocycles. The maximum absolute atomic E-state index is 12.5. The van der Waals surface area contributed by atoms with Crippen LogP contribution in [0.5, 0.6) is 5.75 Å². The average molecular weight is 373 g/mol. The van der Waals surface area contributed by atoms with Crippen LogP contribution in [0.3, 0.4) is 0 Å². The highest BCUT2D eigenvalue weighted by atomic mass is 35.5. The van der Waals surface area contributed by atoms with E-state index >= 15 is 0 Å². The first-order chi connectivity index (χ1) is 12.2. The molecule has 0 unspecified atom stereocenters. The molecule has 0 fully saturated rings. The zero-order chi connectivity index (χ0) is 17.2. The number of hydrogen-bond donors (Lipinski definition) is 0. The third-order valence-electron chi connectivity index (χ3n) is 3.86. The number of thioether (sulfide) groups is 1. The van der Waals surface area contributed by atoms with Gasteiger partial charge in [0.15, 0.2) is 5.78 Å². The smallest absolute Gasteiger partial charge is 0.214 e. The van der Waals surface area contributed by atoms with E-state index in [1.54, 1.807) is 22.9 Å². The zero-order valence-electron chi connectivity index (χ0n) is 13.1. The first kappa shape index (κ1) is 16.1. The Bertz CT molecular complexity index is 927. The predicted octanol–water partition coefficient (Wildman–Crippen LogP) is 3.23. The number of hydrogen-bond acceptors (Lipinski definition) is 6. The molecule has 1 aromatic heterocycles. The van der Waals surface area contributed by atoms with Crippen LogP contribution in [0.4, 0.5) is 0 Å². The molecule has 0 aliphatic carbocycles. The van der Waals surface area contributed by atoms with E-state index in [1.165, 1.54) is 11.8 Å². The number of nitrogens with zero attached hydrogens (tertiary/aromatic N) is 4. The number of benzene rings is 2. The van der Waals surface area contributed by atoms with Gasteiger partial charge < -0.3 is 4.74 Å². The van der Waals surface area contributed by atoms with E-state index in [4.69, 9.17) is 16.3 Å². The van der Waals surface area contributed by atoms with Gasteiger partial charge >= 0.3 is 0 Å². The average Bonchev–Trinajstić information content (AvgIpc) is 3.28. The molecule has 25 heavy (non-hydrogen) atoms. The second kappa shape index (κ2) is 6.85. The summed E-state index contributed by atoms with van der Waals surface area (Å²) in [6.45, 7) is 0.678. The third-order valence-corrected chi connectivity index (χ3v) is 5.03. The lowest BCUT2D eigenvalue weighted by atomic mass is 10.1. The lowest BCUT2D eigenvalue weighted by Gasteiger charge is -2.05. The quantitative estimate of drug-likeness (QED) is 0.506. The normalized spacial score (nSPS) is 12.7. The summed E-state index contributed by atoms with van der Waals surface area (Å²) in [5.41, 5.74) is 2.56. The molecule has 2 aromatic carbocycles. The lowest BCUT2D eigenvalue weighted by molar-refractivity contribution is 0.102. The molecule has 3 aromatic rings. The molecular weight excluding hydrogens is 360 g/mol. The van der Waals surface area contributed by atoms with Gasteiger partial charge in [-0.3, -0.25) is 4.79 Å². The number of ketones is 1. The summed E-state index contributed by atoms with van der Waals surface area (Å²) in [7, 11) is 0. The highest BCUT2D eigenvalue weighted by Gasteiger charge is 2.17. The molecule has 0 spiro atoms. The summed E-state index contributed by atoms with van der Waals surface area (Å²) in [5.74, 6) is 1.16. The number of ether oxygens (including phenoxy) is 1. The van der Waals surface area contributed by atoms with Crippen molar-refractivity contribution in [1.82, 2.24) is 20.2 Å². The van der Waals surface area contributed by atoms with Gasteiger partial charge in [-0.05, 0) is 58.5 Å². The van der Waals surface area contributed by atoms with Crippen molar-refractivity contribution in [2.24, 2.45) is 0 Å². The highest BCUT2D eigenvalue weighted by Crippen LogP contribution is 2.27. The number of carbonyl (C=O) groups is 1. The van der Waals surface area contributed by atoms with Crippen molar-refractivity contribution in [2.75, 3.05) is 12.4 Å². The van der Waals surface area contributed by atoms with Gasteiger partial charge in [0.25, 0.3) is 0 Å². The number of halogens is 1. The van der Waals surface area contributed by atoms with Crippen molar-refractivity contribution in [3.05, 3.63) is 58.6 Å². The standard InChI is InChI=1S/C17H13ClN4O2S/c18-13-2-4-14(5-3-13)22-17(19-20-21-22)25-10-15(23)11-1-6-16-12(9-11)7-8-24-16/h1-6,9H,7-8,10H2. The van der Waals surface area contributed by atoms with Gasteiger partial charge in [-0.1, -0.05) is 23.4 Å². The maximum Gasteiger partial charge on any atom is 0.214 e. The molecule has 1 aliphatic rings. The molecule has 8 heteroatoms. The summed E-state index contributed by atoms with van der Waals surface area (Å²) in [6, 6.07) is 12.8. The molecule has 0 radical (unpaired) electrons. The van der Waals surface area contributed by atoms with Gasteiger partial charge in [0.05, 0.1) is 18.0 Å². The summed E-state index contributed by atoms with van der Waals surface area (Å²) < 4.78 is 7.06. The van der Waals surface area contributed by atoms with Gasteiger partial charge in [-0.2, -0.15) is 4.68 Å². The van der Waals surface area contributed by atoms with Crippen LogP contribution in [0.15, 0.2) is 47.6 Å². The van der Waals surface area contributed by atoms with Crippen molar-refractivity contribution in [2.45, 2.75) is 11.6 Å². The number of aromatic nitrogens is 4. The van der Waals surface area contributed by atoms with Crippen LogP contribution in [0.1, 0.15) is 15.9 Å². The van der Waals surface area contributed by atoms with E-state index in [0.29, 0.717) is 22.3 Å². The Morgan fingerprint density at radius 3 is 2.92 bits per heavy atom. The third kappa shape index (κ3) is 3.38. The number of fused-ring (bicyclic) bond motifs is 1. The Kier molecular flexibility index (Phi) is 4.42. The molecule has 2 heterocycles. The van der Waals surface area contributed by atoms with Gasteiger partial charge in [-0.15, -0.1) is 5.10 Å². The van der Waals surface area contributed by atoms with Crippen molar-refractivity contribution < 1.29 is 9.53 Å². The molecule has 0 saturated carbocycles. The highest BCUT2D eigenvalue weighted by molar-refractivity contribution is 7.99. The summed E-state index contributed by atoms with van der Waals surface area (Å²) in [5, 5.41) is 12.9. The fourth-order valence-electron chi connectivity index (χ4n) is 2.59. The molecule has 1 aliphatic heterocycles. The monoisotopic (exact) mass is 372 g/mol. The Balaban J connectivity index is 1.48. The molecule has 0 N–H and O–H groups in total. The number of carbonyl (C=O) groups excluding carboxylic acids is 1. The summed E-state index contributed by atoms with van der Waals surface area (Å²) in [4.78, 5) is 12.5. The first-order valence-corrected chi connectivity index (χ1v) is 9.03. The van der Waals surface area contributed by atoms with Gasteiger partial charge in [0.2, 0.25) is 5.16 Å². The van der Waals surface area contributed by atoms with Crippen LogP contribution in [0.25, 0.3) is 5.69 Å². The fraction of sp³-hybridized carbons (Fsp3) is 0.176. The van der Waals surface area contributed by atoms with Gasteiger partial charge in [0.1, 0.15) is 5.75 Å². The van der Waals surface area contributed by atoms with Crippen molar-refractivity contribution in [3.63, 3.8) is 0 Å². The topological polar surface area (TPSA) is 69.9 Å². The van der Waals surface area contributed by atoms with Gasteiger partial charge in [-0.25, -0.2) is 0 Å². The SMILES string of the molecule is O=C(CSc1nnnn1-c1ccc(Cl)cc1)c1ccc2c(c1)CCO2. The van der Waals surface area contributed by atoms with Crippen molar-refractivity contribution >= 4 is 29.1 Å². The second-order valence-corrected chi connectivity index (χ2v) is 6.86. The maximum atomic E-state index is 12.5. The Hall–Kier alpha value is -2.38. The van der Waals surface area contributed by atoms with E-state index in [9.17, 15) is 4.79 Å². The van der Waals surface area contributed by atoms with Crippen LogP contribution in [0, 0.1) is 0 Å². The molecule has 0 bridgehead atoms. The van der Waals surface area contributed by atoms with E-state index in [-0.39, 0.29) is 11.5 Å². The minimum absolute atomic E-state index is 0.0327. The minimum Gasteiger partial charge on any atom is -0.493 e. The van der Waals surface area contributed by atoms with E-state index in [1.807, 2.05) is 24.3 Å². The molecule has 126 valence electrons. The molecule has 6 nitrogen and oxygen atoms in total. The second-order valence-electron chi connectivity index (χ2n) is 5.48. The number of Topliss-reactive ketones (excluding diaryl/α,β-unsaturated/α-hetero) is 1. The largest absolute Gasteiger partial charge is 0.493 e. The Labute approximate surface area is 153 Å². The lowest BCUT2D eigenvalue weighted by Crippen LogP contribution is -2.05. The van der Waals surface area contributed by atoms with Crippen molar-refractivity contribution in [3.8, 4) is 11.4 Å². The van der Waals surface area contributed by atoms with Gasteiger partial charge in [0, 0.05) is 17.0 Å². The summed E-state index contributed by atoms with van der Waals surface area (Å²) in [6.07, 6.45) is 0.846. The number of rotatable bonds is 5. The first-order valence-electron chi connectivity index (χ1n) is 7.67. The van der Waals surface area contributed by atoms with Crippen LogP contribution >= 0.6 is 23.4 Å². The Morgan fingerprint density at radius 2 is 2.08 bits per heavy atom. The molecule has 4 rings (SSSR count).